The maximum atomic E-state index is 12.7. The lowest BCUT2D eigenvalue weighted by molar-refractivity contribution is 0.0988. The van der Waals surface area contributed by atoms with E-state index >= 15 is 0 Å². The number of benzene rings is 2. The molecule has 5 heteroatoms. The van der Waals surface area contributed by atoms with Gasteiger partial charge in [-0.3, -0.25) is 0 Å². The summed E-state index contributed by atoms with van der Waals surface area (Å²) in [6.45, 7) is 4.52. The Balaban J connectivity index is 1.43. The molecule has 3 rings (SSSR count). The first-order valence-corrected chi connectivity index (χ1v) is 10.7. The molecule has 4 nitrogen and oxygen atoms in total. The van der Waals surface area contributed by atoms with E-state index in [4.69, 9.17) is 4.74 Å². The van der Waals surface area contributed by atoms with Gasteiger partial charge in [-0.25, -0.2) is 8.42 Å². The van der Waals surface area contributed by atoms with Crippen molar-refractivity contribution in [1.29, 1.82) is 0 Å². The fourth-order valence-corrected chi connectivity index (χ4v) is 4.78. The Labute approximate surface area is 156 Å². The highest BCUT2D eigenvalue weighted by Gasteiger charge is 2.29. The lowest BCUT2D eigenvalue weighted by atomic mass is 9.95. The molecular weight excluding hydrogens is 346 g/mol. The number of ether oxygens (including phenoxy) is 1. The van der Waals surface area contributed by atoms with Gasteiger partial charge in [0.25, 0.3) is 0 Å². The fourth-order valence-electron chi connectivity index (χ4n) is 3.31. The zero-order valence-corrected chi connectivity index (χ0v) is 16.1. The zero-order chi connectivity index (χ0) is 18.4. The van der Waals surface area contributed by atoms with E-state index in [1.807, 2.05) is 37.3 Å². The minimum Gasteiger partial charge on any atom is -0.377 e. The molecule has 1 heterocycles. The van der Waals surface area contributed by atoms with Gasteiger partial charge in [0.2, 0.25) is 10.0 Å². The summed E-state index contributed by atoms with van der Waals surface area (Å²) >= 11 is 0. The number of nitrogens with zero attached hydrogens (tertiary/aromatic N) is 1. The molecule has 1 aliphatic rings. The van der Waals surface area contributed by atoms with E-state index in [9.17, 15) is 8.42 Å². The third-order valence-electron chi connectivity index (χ3n) is 5.01. The van der Waals surface area contributed by atoms with Crippen LogP contribution in [0.1, 0.15) is 30.4 Å². The Morgan fingerprint density at radius 1 is 1.00 bits per heavy atom. The first-order valence-electron chi connectivity index (χ1n) is 9.24. The van der Waals surface area contributed by atoms with Gasteiger partial charge in [0.1, 0.15) is 0 Å². The van der Waals surface area contributed by atoms with Gasteiger partial charge in [-0.15, -0.1) is 0 Å². The molecule has 2 aromatic rings. The molecule has 0 spiro atoms. The van der Waals surface area contributed by atoms with Crippen LogP contribution in [0.15, 0.2) is 59.5 Å². The maximum absolute atomic E-state index is 12.7. The van der Waals surface area contributed by atoms with Crippen molar-refractivity contribution < 1.29 is 13.2 Å². The van der Waals surface area contributed by atoms with Crippen LogP contribution in [0.2, 0.25) is 0 Å². The normalized spacial score (nSPS) is 16.7. The first-order chi connectivity index (χ1) is 12.6. The summed E-state index contributed by atoms with van der Waals surface area (Å²) in [5.74, 6) is 0.537. The smallest absolute Gasteiger partial charge is 0.243 e. The second-order valence-electron chi connectivity index (χ2n) is 6.99. The van der Waals surface area contributed by atoms with E-state index in [1.165, 1.54) is 5.56 Å². The van der Waals surface area contributed by atoms with Crippen molar-refractivity contribution in [2.75, 3.05) is 19.7 Å². The molecule has 0 unspecified atom stereocenters. The molecule has 0 N–H and O–H groups in total. The number of aryl methyl sites for hydroxylation is 1. The molecule has 140 valence electrons. The largest absolute Gasteiger partial charge is 0.377 e. The van der Waals surface area contributed by atoms with E-state index in [0.717, 1.165) is 31.4 Å². The monoisotopic (exact) mass is 373 g/mol. The van der Waals surface area contributed by atoms with Crippen LogP contribution in [0.25, 0.3) is 0 Å². The number of rotatable bonds is 7. The van der Waals surface area contributed by atoms with E-state index < -0.39 is 10.0 Å². The Morgan fingerprint density at radius 3 is 2.31 bits per heavy atom. The molecule has 0 radical (unpaired) electrons. The van der Waals surface area contributed by atoms with Crippen LogP contribution in [0.3, 0.4) is 0 Å². The zero-order valence-electron chi connectivity index (χ0n) is 15.3. The van der Waals surface area contributed by atoms with Crippen molar-refractivity contribution in [3.8, 4) is 0 Å². The topological polar surface area (TPSA) is 46.6 Å². The lowest BCUT2D eigenvalue weighted by Crippen LogP contribution is -2.38. The van der Waals surface area contributed by atoms with E-state index in [2.05, 4.69) is 12.1 Å². The Bertz CT molecular complexity index is 780. The van der Waals surface area contributed by atoms with Crippen molar-refractivity contribution in [3.63, 3.8) is 0 Å². The van der Waals surface area contributed by atoms with Crippen molar-refractivity contribution >= 4 is 10.0 Å². The van der Waals surface area contributed by atoms with Crippen molar-refractivity contribution in [2.24, 2.45) is 5.92 Å². The quantitative estimate of drug-likeness (QED) is 0.689. The van der Waals surface area contributed by atoms with Crippen molar-refractivity contribution in [1.82, 2.24) is 4.31 Å². The third kappa shape index (κ3) is 4.93. The molecule has 1 aliphatic heterocycles. The van der Waals surface area contributed by atoms with E-state index in [0.29, 0.717) is 30.5 Å². The number of sulfonamides is 1. The summed E-state index contributed by atoms with van der Waals surface area (Å²) in [4.78, 5) is 0.396. The van der Waals surface area contributed by atoms with Crippen LogP contribution in [-0.4, -0.2) is 32.4 Å². The predicted octanol–water partition coefficient (Wildman–Crippen LogP) is 4.00. The highest BCUT2D eigenvalue weighted by Crippen LogP contribution is 2.25. The average molecular weight is 374 g/mol. The first kappa shape index (κ1) is 19.1. The molecule has 0 bridgehead atoms. The maximum Gasteiger partial charge on any atom is 0.243 e. The highest BCUT2D eigenvalue weighted by molar-refractivity contribution is 7.89. The fraction of sp³-hybridized carbons (Fsp3) is 0.429. The predicted molar refractivity (Wildman–Crippen MR) is 103 cm³/mol. The second kappa shape index (κ2) is 8.80. The van der Waals surface area contributed by atoms with Crippen LogP contribution < -0.4 is 0 Å². The summed E-state index contributed by atoms with van der Waals surface area (Å²) < 4.78 is 32.8. The van der Waals surface area contributed by atoms with Gasteiger partial charge in [-0.2, -0.15) is 4.31 Å². The van der Waals surface area contributed by atoms with Crippen molar-refractivity contribution in [3.05, 3.63) is 65.7 Å². The molecule has 0 aromatic heterocycles. The second-order valence-corrected chi connectivity index (χ2v) is 8.93. The summed E-state index contributed by atoms with van der Waals surface area (Å²) in [7, 11) is -3.36. The summed E-state index contributed by atoms with van der Waals surface area (Å²) in [5, 5.41) is 0. The molecular formula is C21H27NO3S. The summed E-state index contributed by atoms with van der Waals surface area (Å²) in [5.41, 5.74) is 2.25. The van der Waals surface area contributed by atoms with Crippen molar-refractivity contribution in [2.45, 2.75) is 37.7 Å². The highest BCUT2D eigenvalue weighted by atomic mass is 32.2. The van der Waals surface area contributed by atoms with Crippen LogP contribution in [0.4, 0.5) is 0 Å². The molecule has 26 heavy (non-hydrogen) atoms. The Kier molecular flexibility index (Phi) is 6.46. The third-order valence-corrected chi connectivity index (χ3v) is 6.93. The Morgan fingerprint density at radius 2 is 1.65 bits per heavy atom. The number of hydrogen-bond donors (Lipinski definition) is 0. The SMILES string of the molecule is Cc1ccc(S(=O)(=O)N2CCC(CCOCc3ccccc3)CC2)cc1. The van der Waals surface area contributed by atoms with Gasteiger partial charge in [-0.1, -0.05) is 48.0 Å². The van der Waals surface area contributed by atoms with Crippen LogP contribution in [0.5, 0.6) is 0 Å². The Hall–Kier alpha value is -1.69. The minimum atomic E-state index is -3.36. The summed E-state index contributed by atoms with van der Waals surface area (Å²) in [6, 6.07) is 17.3. The number of piperidine rings is 1. The van der Waals surface area contributed by atoms with Crippen LogP contribution >= 0.6 is 0 Å². The van der Waals surface area contributed by atoms with E-state index in [-0.39, 0.29) is 0 Å². The lowest BCUT2D eigenvalue weighted by Gasteiger charge is -2.31. The molecule has 0 atom stereocenters. The van der Waals surface area contributed by atoms with Gasteiger partial charge in [0, 0.05) is 19.7 Å². The summed E-state index contributed by atoms with van der Waals surface area (Å²) in [6.07, 6.45) is 2.80. The molecule has 0 saturated carbocycles. The molecule has 1 saturated heterocycles. The molecule has 0 amide bonds. The standard InChI is InChI=1S/C21H27NO3S/c1-18-7-9-21(10-8-18)26(23,24)22-14-11-19(12-15-22)13-16-25-17-20-5-3-2-4-6-20/h2-10,19H,11-17H2,1H3. The van der Waals surface area contributed by atoms with Gasteiger partial charge in [0.15, 0.2) is 0 Å². The van der Waals surface area contributed by atoms with Crippen LogP contribution in [-0.2, 0) is 21.4 Å². The van der Waals surface area contributed by atoms with Gasteiger partial charge in [0.05, 0.1) is 11.5 Å². The molecule has 0 aliphatic carbocycles. The molecule has 1 fully saturated rings. The minimum absolute atomic E-state index is 0.396. The molecule has 2 aromatic carbocycles. The van der Waals surface area contributed by atoms with Gasteiger partial charge in [-0.05, 0) is 49.8 Å². The van der Waals surface area contributed by atoms with Crippen LogP contribution in [0, 0.1) is 12.8 Å². The average Bonchev–Trinajstić information content (AvgIpc) is 2.67. The van der Waals surface area contributed by atoms with Gasteiger partial charge < -0.3 is 4.74 Å². The van der Waals surface area contributed by atoms with E-state index in [1.54, 1.807) is 16.4 Å². The van der Waals surface area contributed by atoms with Gasteiger partial charge >= 0.3 is 0 Å². The number of hydrogen-bond acceptors (Lipinski definition) is 3.